The van der Waals surface area contributed by atoms with E-state index in [1.807, 2.05) is 30.5 Å². The maximum absolute atomic E-state index is 10.9. The van der Waals surface area contributed by atoms with Crippen molar-refractivity contribution in [2.45, 2.75) is 12.6 Å². The zero-order valence-corrected chi connectivity index (χ0v) is 20.8. The molecule has 2 heterocycles. The molecule has 0 aliphatic rings. The second-order valence-corrected chi connectivity index (χ2v) is 8.62. The molecule has 6 rings (SSSR count). The number of non-ortho nitro benzene ring substituents is 1. The molecule has 6 nitrogen and oxygen atoms in total. The Kier molecular flexibility index (Phi) is 6.40. The second-order valence-electron chi connectivity index (χ2n) is 8.62. The van der Waals surface area contributed by atoms with Gasteiger partial charge in [-0.1, -0.05) is 54.6 Å². The highest BCUT2D eigenvalue weighted by molar-refractivity contribution is 6.05. The summed E-state index contributed by atoms with van der Waals surface area (Å²) in [5.74, 6) is 0. The molecule has 0 N–H and O–H groups in total. The number of imidazole rings is 1. The van der Waals surface area contributed by atoms with Gasteiger partial charge in [-0.3, -0.25) is 10.1 Å². The number of aromatic nitrogens is 2. The number of hydrogen-bond acceptors (Lipinski definition) is 3. The fourth-order valence-corrected chi connectivity index (χ4v) is 4.68. The molecular weight excluding hydrogens is 518 g/mol. The summed E-state index contributed by atoms with van der Waals surface area (Å²) in [6.07, 6.45) is 6.18. The predicted molar refractivity (Wildman–Crippen MR) is 134 cm³/mol. The number of fused-ring (bicyclic) bond motifs is 3. The van der Waals surface area contributed by atoms with Gasteiger partial charge in [0, 0.05) is 34.0 Å². The van der Waals surface area contributed by atoms with E-state index < -0.39 is 0 Å². The number of benzene rings is 4. The molecule has 2 aromatic heterocycles. The minimum absolute atomic E-state index is 0. The van der Waals surface area contributed by atoms with E-state index in [0.717, 1.165) is 33.1 Å². The lowest BCUT2D eigenvalue weighted by atomic mass is 9.97. The maximum Gasteiger partial charge on any atom is 0.269 e. The van der Waals surface area contributed by atoms with Gasteiger partial charge in [-0.25, -0.2) is 9.13 Å². The smallest absolute Gasteiger partial charge is 0.269 e. The number of nitrogens with zero attached hydrogens (tertiary/aromatic N) is 3. The molecule has 0 saturated heterocycles. The highest BCUT2D eigenvalue weighted by Crippen LogP contribution is 2.33. The number of nitro groups is 1. The SMILES string of the molecule is O=[N+]([O-])c1ccc(C[n+]2ccn(C(c3ccccc3)c3ccc4oc5ccccc5c4c3)c2)cc1.[Br-]. The third kappa shape index (κ3) is 4.41. The van der Waals surface area contributed by atoms with Crippen molar-refractivity contribution in [3.8, 4) is 0 Å². The van der Waals surface area contributed by atoms with E-state index in [1.165, 1.54) is 5.56 Å². The van der Waals surface area contributed by atoms with Crippen LogP contribution in [-0.2, 0) is 6.54 Å². The quantitative estimate of drug-likeness (QED) is 0.185. The number of halogens is 1. The van der Waals surface area contributed by atoms with Crippen LogP contribution in [0.2, 0.25) is 0 Å². The van der Waals surface area contributed by atoms with E-state index in [4.69, 9.17) is 4.42 Å². The summed E-state index contributed by atoms with van der Waals surface area (Å²) < 4.78 is 10.3. The summed E-state index contributed by atoms with van der Waals surface area (Å²) in [6.45, 7) is 0.623. The Hall–Kier alpha value is -4.23. The molecule has 1 atom stereocenters. The van der Waals surface area contributed by atoms with Crippen LogP contribution in [0.4, 0.5) is 5.69 Å². The molecule has 0 saturated carbocycles. The monoisotopic (exact) mass is 539 g/mol. The Labute approximate surface area is 218 Å². The van der Waals surface area contributed by atoms with Crippen molar-refractivity contribution < 1.29 is 30.9 Å². The van der Waals surface area contributed by atoms with Crippen molar-refractivity contribution in [3.63, 3.8) is 0 Å². The molecule has 0 bridgehead atoms. The topological polar surface area (TPSA) is 65.1 Å². The fourth-order valence-electron chi connectivity index (χ4n) is 4.68. The number of nitro benzene ring substituents is 1. The van der Waals surface area contributed by atoms with E-state index in [-0.39, 0.29) is 33.6 Å². The van der Waals surface area contributed by atoms with E-state index in [2.05, 4.69) is 70.2 Å². The first kappa shape index (κ1) is 23.5. The van der Waals surface area contributed by atoms with Crippen molar-refractivity contribution in [1.29, 1.82) is 0 Å². The lowest BCUT2D eigenvalue weighted by Crippen LogP contribution is -3.00. The molecule has 0 aliphatic heterocycles. The molecule has 36 heavy (non-hydrogen) atoms. The fraction of sp³-hybridized carbons (Fsp3) is 0.0690. The van der Waals surface area contributed by atoms with Gasteiger partial charge in [0.1, 0.15) is 30.1 Å². The molecule has 178 valence electrons. The normalized spacial score (nSPS) is 11.9. The average molecular weight is 540 g/mol. The first-order chi connectivity index (χ1) is 17.2. The second kappa shape index (κ2) is 9.79. The zero-order chi connectivity index (χ0) is 23.8. The number of furan rings is 1. The minimum atomic E-state index is -0.377. The van der Waals surface area contributed by atoms with Crippen LogP contribution < -0.4 is 21.5 Å². The Morgan fingerprint density at radius 2 is 1.56 bits per heavy atom. The minimum Gasteiger partial charge on any atom is -1.00 e. The van der Waals surface area contributed by atoms with Gasteiger partial charge in [-0.2, -0.15) is 0 Å². The highest BCUT2D eigenvalue weighted by atomic mass is 79.9. The van der Waals surface area contributed by atoms with Crippen molar-refractivity contribution in [3.05, 3.63) is 143 Å². The molecule has 7 heteroatoms. The first-order valence-corrected chi connectivity index (χ1v) is 11.4. The van der Waals surface area contributed by atoms with Crippen molar-refractivity contribution in [2.24, 2.45) is 0 Å². The largest absolute Gasteiger partial charge is 1.00 e. The molecule has 0 radical (unpaired) electrons. The Morgan fingerprint density at radius 3 is 2.33 bits per heavy atom. The Bertz CT molecular complexity index is 1660. The first-order valence-electron chi connectivity index (χ1n) is 11.4. The van der Waals surface area contributed by atoms with Crippen LogP contribution in [-0.4, -0.2) is 9.49 Å². The molecule has 0 spiro atoms. The van der Waals surface area contributed by atoms with Gasteiger partial charge in [0.05, 0.1) is 4.92 Å². The summed E-state index contributed by atoms with van der Waals surface area (Å²) in [5, 5.41) is 13.2. The van der Waals surface area contributed by atoms with Crippen LogP contribution in [0.15, 0.2) is 120 Å². The van der Waals surface area contributed by atoms with Gasteiger partial charge < -0.3 is 21.4 Å². The summed E-state index contributed by atoms with van der Waals surface area (Å²) in [4.78, 5) is 10.6. The predicted octanol–water partition coefficient (Wildman–Crippen LogP) is 3.27. The van der Waals surface area contributed by atoms with Gasteiger partial charge in [-0.05, 0) is 35.9 Å². The van der Waals surface area contributed by atoms with Crippen LogP contribution in [0, 0.1) is 10.1 Å². The van der Waals surface area contributed by atoms with Crippen molar-refractivity contribution in [2.75, 3.05) is 0 Å². The van der Waals surface area contributed by atoms with E-state index in [1.54, 1.807) is 24.3 Å². The average Bonchev–Trinajstić information content (AvgIpc) is 3.49. The maximum atomic E-state index is 10.9. The summed E-state index contributed by atoms with van der Waals surface area (Å²) in [6, 6.07) is 31.6. The third-order valence-corrected chi connectivity index (χ3v) is 6.35. The van der Waals surface area contributed by atoms with E-state index in [0.29, 0.717) is 6.54 Å². The van der Waals surface area contributed by atoms with Crippen LogP contribution in [0.1, 0.15) is 22.7 Å². The van der Waals surface area contributed by atoms with Crippen LogP contribution in [0.5, 0.6) is 0 Å². The molecule has 0 aliphatic carbocycles. The van der Waals surface area contributed by atoms with Gasteiger partial charge >= 0.3 is 0 Å². The molecular formula is C29H22BrN3O3. The molecule has 0 amide bonds. The zero-order valence-electron chi connectivity index (χ0n) is 19.2. The van der Waals surface area contributed by atoms with E-state index >= 15 is 0 Å². The standard InChI is InChI=1S/C29H22N3O3.BrH/c33-32(34)24-13-10-21(11-14-24)19-30-16-17-31(20-30)29(22-6-2-1-3-7-22)23-12-15-28-26(18-23)25-8-4-5-9-27(25)35-28;/h1-18,20,29H,19H2;1H/q+1;/p-1. The number of rotatable bonds is 6. The van der Waals surface area contributed by atoms with E-state index in [9.17, 15) is 10.1 Å². The van der Waals surface area contributed by atoms with Crippen LogP contribution >= 0.6 is 0 Å². The van der Waals surface area contributed by atoms with Crippen LogP contribution in [0.3, 0.4) is 0 Å². The number of para-hydroxylation sites is 1. The summed E-state index contributed by atoms with van der Waals surface area (Å²) in [5.41, 5.74) is 5.20. The van der Waals surface area contributed by atoms with Gasteiger partial charge in [0.2, 0.25) is 6.33 Å². The van der Waals surface area contributed by atoms with Crippen molar-refractivity contribution >= 4 is 27.6 Å². The molecule has 4 aromatic carbocycles. The lowest BCUT2D eigenvalue weighted by molar-refractivity contribution is -0.687. The summed E-state index contributed by atoms with van der Waals surface area (Å²) >= 11 is 0. The lowest BCUT2D eigenvalue weighted by Gasteiger charge is -2.15. The van der Waals surface area contributed by atoms with Gasteiger partial charge in [0.15, 0.2) is 6.04 Å². The van der Waals surface area contributed by atoms with Crippen LogP contribution in [0.25, 0.3) is 21.9 Å². The van der Waals surface area contributed by atoms with Gasteiger partial charge in [0.25, 0.3) is 5.69 Å². The Balaban J connectivity index is 0.00000267. The summed E-state index contributed by atoms with van der Waals surface area (Å²) in [7, 11) is 0. The molecule has 6 aromatic rings. The number of hydrogen-bond donors (Lipinski definition) is 0. The Morgan fingerprint density at radius 1 is 0.833 bits per heavy atom. The molecule has 1 unspecified atom stereocenters. The van der Waals surface area contributed by atoms with Crippen molar-refractivity contribution in [1.82, 2.24) is 4.57 Å². The molecule has 0 fully saturated rings. The third-order valence-electron chi connectivity index (χ3n) is 6.35. The highest BCUT2D eigenvalue weighted by Gasteiger charge is 2.23. The van der Waals surface area contributed by atoms with Gasteiger partial charge in [-0.15, -0.1) is 0 Å².